The Balaban J connectivity index is 1.04. The highest BCUT2D eigenvalue weighted by molar-refractivity contribution is 6.42. The average Bonchev–Trinajstić information content (AvgIpc) is 3.94. The largest absolute Gasteiger partial charge is 0.496 e. The minimum atomic E-state index is -0.795. The summed E-state index contributed by atoms with van der Waals surface area (Å²) < 4.78 is 10.8. The standard InChI is InChI=1S/C41H49Cl2N9O5/c1-3-57-37(53)27-50-20-22-52(23-21-50)47-39(55)41(36-6-4-5-15-44-36)13-17-49(18-14-41)16-11-40(30-8-9-32(42)33(43)25-30)12-19-51(28-40)38(54)31-24-29(7-10-35(31)56-2)34-26-45-48-46-34/h4-10,15,24-26,34H,3,11-14,16-23,27-28H2,1-2H3,(H,47,55). The molecule has 16 heteroatoms. The number of rotatable bonds is 13. The van der Waals surface area contributed by atoms with Gasteiger partial charge in [0.25, 0.3) is 5.91 Å². The van der Waals surface area contributed by atoms with Crippen molar-refractivity contribution in [3.8, 4) is 5.75 Å². The SMILES string of the molecule is CCOC(=O)CN1CCN(NC(=O)C2(c3ccccn3)CCN(CCC3(c4ccc(Cl)c(Cl)c4)CCN(C(=O)c4cc(C5C=NN=N5)ccc4OC)C3)CC2)CC1. The van der Waals surface area contributed by atoms with Crippen LogP contribution in [0, 0.1) is 0 Å². The topological polar surface area (TPSA) is 145 Å². The predicted octanol–water partition coefficient (Wildman–Crippen LogP) is 5.31. The van der Waals surface area contributed by atoms with Crippen molar-refractivity contribution in [1.29, 1.82) is 0 Å². The van der Waals surface area contributed by atoms with Crippen LogP contribution in [0.3, 0.4) is 0 Å². The molecule has 2 aromatic carbocycles. The lowest BCUT2D eigenvalue weighted by molar-refractivity contribution is -0.145. The van der Waals surface area contributed by atoms with Crippen LogP contribution in [0.5, 0.6) is 5.75 Å². The number of piperazine rings is 1. The third-order valence-corrected chi connectivity index (χ3v) is 12.6. The van der Waals surface area contributed by atoms with Gasteiger partial charge in [-0.25, -0.2) is 5.01 Å². The first kappa shape index (κ1) is 40.7. The summed E-state index contributed by atoms with van der Waals surface area (Å²) in [5, 5.41) is 14.7. The van der Waals surface area contributed by atoms with Crippen LogP contribution in [0.1, 0.15) is 65.8 Å². The van der Waals surface area contributed by atoms with Gasteiger partial charge in [-0.05, 0) is 105 Å². The Hall–Kier alpha value is -4.47. The molecular formula is C41H49Cl2N9O5. The molecule has 302 valence electrons. The molecule has 0 bridgehead atoms. The molecule has 1 aromatic heterocycles. The molecule has 0 spiro atoms. The van der Waals surface area contributed by atoms with Gasteiger partial charge in [0.1, 0.15) is 11.8 Å². The minimum absolute atomic E-state index is 0.0558. The van der Waals surface area contributed by atoms with E-state index < -0.39 is 5.41 Å². The van der Waals surface area contributed by atoms with Crippen molar-refractivity contribution in [2.24, 2.45) is 15.4 Å². The van der Waals surface area contributed by atoms with E-state index in [1.165, 1.54) is 0 Å². The molecule has 4 aliphatic rings. The Morgan fingerprint density at radius 1 is 0.912 bits per heavy atom. The van der Waals surface area contributed by atoms with Crippen LogP contribution in [-0.2, 0) is 25.2 Å². The van der Waals surface area contributed by atoms with Crippen molar-refractivity contribution in [2.45, 2.75) is 49.5 Å². The van der Waals surface area contributed by atoms with Gasteiger partial charge in [-0.1, -0.05) is 41.4 Å². The van der Waals surface area contributed by atoms with E-state index in [2.05, 4.69) is 25.8 Å². The van der Waals surface area contributed by atoms with E-state index >= 15 is 0 Å². The smallest absolute Gasteiger partial charge is 0.320 e. The average molecular weight is 819 g/mol. The number of piperidine rings is 1. The van der Waals surface area contributed by atoms with Crippen molar-refractivity contribution in [3.63, 3.8) is 0 Å². The molecule has 2 amide bonds. The van der Waals surface area contributed by atoms with E-state index in [4.69, 9.17) is 37.7 Å². The van der Waals surface area contributed by atoms with E-state index in [-0.39, 0.29) is 35.8 Å². The zero-order valence-corrected chi connectivity index (χ0v) is 33.9. The number of aromatic nitrogens is 1. The number of halogens is 2. The maximum atomic E-state index is 14.3. The summed E-state index contributed by atoms with van der Waals surface area (Å²) in [5.74, 6) is 0.0860. The van der Waals surface area contributed by atoms with Gasteiger partial charge in [-0.2, -0.15) is 5.11 Å². The first-order valence-electron chi connectivity index (χ1n) is 19.6. The highest BCUT2D eigenvalue weighted by Gasteiger charge is 2.46. The molecule has 3 saturated heterocycles. The van der Waals surface area contributed by atoms with Crippen molar-refractivity contribution >= 4 is 47.2 Å². The Bertz CT molecular complexity index is 1970. The second kappa shape index (κ2) is 18.0. The molecule has 4 aliphatic heterocycles. The van der Waals surface area contributed by atoms with Crippen molar-refractivity contribution < 1.29 is 23.9 Å². The predicted molar refractivity (Wildman–Crippen MR) is 217 cm³/mol. The molecule has 0 radical (unpaired) electrons. The van der Waals surface area contributed by atoms with Crippen LogP contribution in [0.4, 0.5) is 0 Å². The third kappa shape index (κ3) is 9.00. The second-order valence-electron chi connectivity index (χ2n) is 15.2. The fraction of sp³-hybridized carbons (Fsp3) is 0.488. The van der Waals surface area contributed by atoms with Gasteiger partial charge < -0.3 is 19.3 Å². The quantitative estimate of drug-likeness (QED) is 0.227. The van der Waals surface area contributed by atoms with E-state index in [1.54, 1.807) is 32.5 Å². The number of amides is 2. The van der Waals surface area contributed by atoms with Crippen molar-refractivity contribution in [1.82, 2.24) is 30.1 Å². The molecule has 0 saturated carbocycles. The number of carbonyl (C=O) groups excluding carboxylic acids is 3. The van der Waals surface area contributed by atoms with E-state index in [0.717, 1.165) is 36.2 Å². The van der Waals surface area contributed by atoms with Gasteiger partial charge in [0.05, 0.1) is 53.2 Å². The molecule has 2 atom stereocenters. The van der Waals surface area contributed by atoms with Crippen LogP contribution in [0.15, 0.2) is 76.2 Å². The first-order chi connectivity index (χ1) is 27.6. The Labute approximate surface area is 343 Å². The van der Waals surface area contributed by atoms with Crippen LogP contribution in [-0.4, -0.2) is 128 Å². The Morgan fingerprint density at radius 3 is 2.40 bits per heavy atom. The zero-order valence-electron chi connectivity index (χ0n) is 32.4. The number of hydrazine groups is 1. The van der Waals surface area contributed by atoms with Crippen molar-refractivity contribution in [3.05, 3.63) is 93.2 Å². The highest BCUT2D eigenvalue weighted by Crippen LogP contribution is 2.42. The number of carbonyl (C=O) groups is 3. The lowest BCUT2D eigenvalue weighted by atomic mass is 9.73. The number of ether oxygens (including phenoxy) is 2. The Morgan fingerprint density at radius 2 is 1.72 bits per heavy atom. The summed E-state index contributed by atoms with van der Waals surface area (Å²) in [6, 6.07) is 16.7. The third-order valence-electron chi connectivity index (χ3n) is 11.9. The van der Waals surface area contributed by atoms with E-state index in [0.29, 0.717) is 93.2 Å². The molecule has 3 fully saturated rings. The fourth-order valence-corrected chi connectivity index (χ4v) is 8.80. The number of benzene rings is 2. The number of pyridine rings is 1. The molecule has 0 aliphatic carbocycles. The normalized spacial score (nSPS) is 22.5. The highest BCUT2D eigenvalue weighted by atomic mass is 35.5. The number of nitrogens with one attached hydrogen (secondary N) is 1. The number of esters is 1. The molecule has 3 aromatic rings. The zero-order chi connectivity index (χ0) is 40.0. The molecular weight excluding hydrogens is 769 g/mol. The van der Waals surface area contributed by atoms with E-state index in [9.17, 15) is 14.4 Å². The molecule has 5 heterocycles. The molecule has 14 nitrogen and oxygen atoms in total. The minimum Gasteiger partial charge on any atom is -0.496 e. The summed E-state index contributed by atoms with van der Waals surface area (Å²) in [6.07, 6.45) is 6.11. The van der Waals surface area contributed by atoms with Gasteiger partial charge in [0, 0.05) is 50.9 Å². The van der Waals surface area contributed by atoms with Crippen LogP contribution in [0.2, 0.25) is 10.0 Å². The van der Waals surface area contributed by atoms with Gasteiger partial charge in [-0.3, -0.25) is 29.7 Å². The van der Waals surface area contributed by atoms with Gasteiger partial charge >= 0.3 is 5.97 Å². The van der Waals surface area contributed by atoms with Crippen LogP contribution >= 0.6 is 23.2 Å². The summed E-state index contributed by atoms with van der Waals surface area (Å²) in [6.45, 7) is 8.11. The summed E-state index contributed by atoms with van der Waals surface area (Å²) in [5.41, 5.74) is 5.12. The number of methoxy groups -OCH3 is 1. The maximum absolute atomic E-state index is 14.3. The monoisotopic (exact) mass is 817 g/mol. The summed E-state index contributed by atoms with van der Waals surface area (Å²) in [4.78, 5) is 51.6. The number of hydrogen-bond donors (Lipinski definition) is 1. The van der Waals surface area contributed by atoms with Gasteiger partial charge in [0.15, 0.2) is 0 Å². The van der Waals surface area contributed by atoms with E-state index in [1.807, 2.05) is 63.3 Å². The first-order valence-corrected chi connectivity index (χ1v) is 20.3. The maximum Gasteiger partial charge on any atom is 0.320 e. The van der Waals surface area contributed by atoms with Crippen LogP contribution < -0.4 is 10.2 Å². The molecule has 57 heavy (non-hydrogen) atoms. The Kier molecular flexibility index (Phi) is 12.8. The molecule has 2 unspecified atom stereocenters. The lowest BCUT2D eigenvalue weighted by Crippen LogP contribution is -2.60. The van der Waals surface area contributed by atoms with Gasteiger partial charge in [0.2, 0.25) is 5.91 Å². The summed E-state index contributed by atoms with van der Waals surface area (Å²) in [7, 11) is 1.56. The lowest BCUT2D eigenvalue weighted by Gasteiger charge is -2.43. The molecule has 1 N–H and O–H groups in total. The molecule has 7 rings (SSSR count). The van der Waals surface area contributed by atoms with Crippen molar-refractivity contribution in [2.75, 3.05) is 79.2 Å². The number of nitrogens with zero attached hydrogens (tertiary/aromatic N) is 8. The fourth-order valence-electron chi connectivity index (χ4n) is 8.50. The number of likely N-dealkylation sites (tertiary alicyclic amines) is 2. The van der Waals surface area contributed by atoms with Gasteiger partial charge in [-0.15, -0.1) is 5.10 Å². The second-order valence-corrected chi connectivity index (χ2v) is 16.0. The summed E-state index contributed by atoms with van der Waals surface area (Å²) >= 11 is 13.0. The van der Waals surface area contributed by atoms with Crippen LogP contribution in [0.25, 0.3) is 0 Å². The number of hydrogen-bond acceptors (Lipinski definition) is 12.